The Kier molecular flexibility index (Phi) is 8.24. The Labute approximate surface area is 124 Å². The summed E-state index contributed by atoms with van der Waals surface area (Å²) in [5, 5.41) is 0.161. The Bertz CT molecular complexity index is 441. The highest BCUT2D eigenvalue weighted by Gasteiger charge is 2.06. The molecule has 0 fully saturated rings. The average Bonchev–Trinajstić information content (AvgIpc) is 2.41. The van der Waals surface area contributed by atoms with Gasteiger partial charge in [-0.25, -0.2) is 4.98 Å². The molecule has 6 nitrogen and oxygen atoms in total. The summed E-state index contributed by atoms with van der Waals surface area (Å²) in [6.45, 7) is 2.91. The van der Waals surface area contributed by atoms with Crippen LogP contribution in [0.4, 0.5) is 0 Å². The summed E-state index contributed by atoms with van der Waals surface area (Å²) in [7, 11) is 1.62. The highest BCUT2D eigenvalue weighted by atomic mass is 79.9. The summed E-state index contributed by atoms with van der Waals surface area (Å²) in [5.41, 5.74) is -0.222. The predicted molar refractivity (Wildman–Crippen MR) is 74.7 cm³/mol. The number of nitrogens with zero attached hydrogens (tertiary/aromatic N) is 2. The first-order valence-corrected chi connectivity index (χ1v) is 6.88. The molecule has 0 atom stereocenters. The van der Waals surface area contributed by atoms with Crippen LogP contribution in [0.5, 0.6) is 0 Å². The summed E-state index contributed by atoms with van der Waals surface area (Å²) in [5.74, 6) is 0. The fourth-order valence-corrected chi connectivity index (χ4v) is 1.68. The van der Waals surface area contributed by atoms with Gasteiger partial charge in [0.1, 0.15) is 4.47 Å². The molecule has 0 spiro atoms. The van der Waals surface area contributed by atoms with Crippen LogP contribution in [0, 0.1) is 0 Å². The standard InChI is InChI=1S/C11H16BrClN2O4/c1-17-4-5-19-7-6-18-3-2-15-8-14-10(13)9(12)11(15)16/h8H,2-7H2,1H3. The monoisotopic (exact) mass is 354 g/mol. The van der Waals surface area contributed by atoms with Gasteiger partial charge in [-0.3, -0.25) is 9.36 Å². The molecule has 19 heavy (non-hydrogen) atoms. The van der Waals surface area contributed by atoms with Gasteiger partial charge in [-0.15, -0.1) is 0 Å². The molecule has 8 heteroatoms. The molecule has 0 saturated heterocycles. The number of hydrogen-bond acceptors (Lipinski definition) is 5. The van der Waals surface area contributed by atoms with Crippen LogP contribution in [-0.4, -0.2) is 49.7 Å². The van der Waals surface area contributed by atoms with Gasteiger partial charge in [-0.2, -0.15) is 0 Å². The fraction of sp³-hybridized carbons (Fsp3) is 0.636. The van der Waals surface area contributed by atoms with E-state index in [-0.39, 0.29) is 15.2 Å². The van der Waals surface area contributed by atoms with Gasteiger partial charge in [0, 0.05) is 7.11 Å². The molecule has 1 aromatic heterocycles. The molecule has 1 heterocycles. The van der Waals surface area contributed by atoms with Gasteiger partial charge >= 0.3 is 0 Å². The highest BCUT2D eigenvalue weighted by molar-refractivity contribution is 9.10. The number of aromatic nitrogens is 2. The Morgan fingerprint density at radius 3 is 2.58 bits per heavy atom. The first-order valence-electron chi connectivity index (χ1n) is 5.71. The Balaban J connectivity index is 2.20. The molecule has 0 N–H and O–H groups in total. The van der Waals surface area contributed by atoms with Crippen molar-refractivity contribution in [2.45, 2.75) is 6.54 Å². The molecule has 0 aliphatic carbocycles. The van der Waals surface area contributed by atoms with E-state index in [0.29, 0.717) is 39.6 Å². The molecule has 0 aliphatic rings. The molecule has 0 aromatic carbocycles. The maximum atomic E-state index is 11.7. The van der Waals surface area contributed by atoms with Gasteiger partial charge in [0.2, 0.25) is 0 Å². The minimum Gasteiger partial charge on any atom is -0.382 e. The van der Waals surface area contributed by atoms with Crippen LogP contribution in [0.1, 0.15) is 0 Å². The van der Waals surface area contributed by atoms with E-state index in [1.807, 2.05) is 0 Å². The van der Waals surface area contributed by atoms with Crippen LogP contribution in [0.15, 0.2) is 15.6 Å². The lowest BCUT2D eigenvalue weighted by Gasteiger charge is -2.07. The van der Waals surface area contributed by atoms with Crippen molar-refractivity contribution < 1.29 is 14.2 Å². The number of halogens is 2. The molecule has 0 amide bonds. The Hall–Kier alpha value is -0.470. The third-order valence-corrected chi connectivity index (χ3v) is 3.45. The first-order chi connectivity index (χ1) is 9.16. The second-order valence-electron chi connectivity index (χ2n) is 3.57. The molecule has 0 unspecified atom stereocenters. The quantitative estimate of drug-likeness (QED) is 0.494. The minimum atomic E-state index is -0.222. The van der Waals surface area contributed by atoms with E-state index < -0.39 is 0 Å². The molecule has 108 valence electrons. The summed E-state index contributed by atoms with van der Waals surface area (Å²) >= 11 is 8.79. The van der Waals surface area contributed by atoms with E-state index >= 15 is 0 Å². The van der Waals surface area contributed by atoms with E-state index in [1.54, 1.807) is 7.11 Å². The number of ether oxygens (including phenoxy) is 3. The zero-order chi connectivity index (χ0) is 14.1. The van der Waals surface area contributed by atoms with Crippen molar-refractivity contribution in [2.24, 2.45) is 0 Å². The minimum absolute atomic E-state index is 0.161. The van der Waals surface area contributed by atoms with Crippen molar-refractivity contribution in [1.29, 1.82) is 0 Å². The maximum absolute atomic E-state index is 11.7. The summed E-state index contributed by atoms with van der Waals surface area (Å²) in [6, 6.07) is 0. The topological polar surface area (TPSA) is 62.6 Å². The summed E-state index contributed by atoms with van der Waals surface area (Å²) in [6.07, 6.45) is 1.40. The van der Waals surface area contributed by atoms with Crippen LogP contribution in [0.3, 0.4) is 0 Å². The van der Waals surface area contributed by atoms with Crippen molar-refractivity contribution in [2.75, 3.05) is 40.1 Å². The normalized spacial score (nSPS) is 10.9. The highest BCUT2D eigenvalue weighted by Crippen LogP contribution is 2.13. The van der Waals surface area contributed by atoms with Crippen LogP contribution in [0.2, 0.25) is 5.15 Å². The first kappa shape index (κ1) is 16.6. The van der Waals surface area contributed by atoms with Crippen molar-refractivity contribution in [3.63, 3.8) is 0 Å². The lowest BCUT2D eigenvalue weighted by molar-refractivity contribution is 0.0228. The largest absolute Gasteiger partial charge is 0.382 e. The van der Waals surface area contributed by atoms with Gasteiger partial charge in [0.15, 0.2) is 5.15 Å². The lowest BCUT2D eigenvalue weighted by Crippen LogP contribution is -2.24. The molecule has 0 bridgehead atoms. The average molecular weight is 356 g/mol. The summed E-state index contributed by atoms with van der Waals surface area (Å²) < 4.78 is 17.1. The van der Waals surface area contributed by atoms with Crippen molar-refractivity contribution in [3.05, 3.63) is 26.3 Å². The fourth-order valence-electron chi connectivity index (χ4n) is 1.23. The van der Waals surface area contributed by atoms with E-state index in [0.717, 1.165) is 0 Å². The third-order valence-electron chi connectivity index (χ3n) is 2.22. The van der Waals surface area contributed by atoms with Gasteiger partial charge < -0.3 is 14.2 Å². The predicted octanol–water partition coefficient (Wildman–Crippen LogP) is 1.34. The third kappa shape index (κ3) is 6.01. The van der Waals surface area contributed by atoms with E-state index in [4.69, 9.17) is 25.8 Å². The molecule has 1 rings (SSSR count). The second kappa shape index (κ2) is 9.44. The SMILES string of the molecule is COCCOCCOCCn1cnc(Cl)c(Br)c1=O. The number of hydrogen-bond donors (Lipinski definition) is 0. The van der Waals surface area contributed by atoms with E-state index in [2.05, 4.69) is 20.9 Å². The van der Waals surface area contributed by atoms with Crippen LogP contribution >= 0.6 is 27.5 Å². The number of methoxy groups -OCH3 is 1. The van der Waals surface area contributed by atoms with Crippen molar-refractivity contribution in [3.8, 4) is 0 Å². The van der Waals surface area contributed by atoms with Gasteiger partial charge in [-0.1, -0.05) is 11.6 Å². The van der Waals surface area contributed by atoms with Gasteiger partial charge in [0.25, 0.3) is 5.56 Å². The van der Waals surface area contributed by atoms with Crippen molar-refractivity contribution >= 4 is 27.5 Å². The second-order valence-corrected chi connectivity index (χ2v) is 4.72. The van der Waals surface area contributed by atoms with E-state index in [9.17, 15) is 4.79 Å². The number of rotatable bonds is 9. The molecular weight excluding hydrogens is 339 g/mol. The molecule has 1 aromatic rings. The smallest absolute Gasteiger partial charge is 0.269 e. The van der Waals surface area contributed by atoms with Crippen LogP contribution in [-0.2, 0) is 20.8 Å². The Morgan fingerprint density at radius 2 is 1.89 bits per heavy atom. The summed E-state index contributed by atoms with van der Waals surface area (Å²) in [4.78, 5) is 15.6. The van der Waals surface area contributed by atoms with Gasteiger partial charge in [0.05, 0.1) is 45.9 Å². The van der Waals surface area contributed by atoms with Gasteiger partial charge in [-0.05, 0) is 15.9 Å². The molecule has 0 saturated carbocycles. The molecule has 0 radical (unpaired) electrons. The van der Waals surface area contributed by atoms with Crippen molar-refractivity contribution in [1.82, 2.24) is 9.55 Å². The maximum Gasteiger partial charge on any atom is 0.269 e. The zero-order valence-corrected chi connectivity index (χ0v) is 12.9. The molecule has 0 aliphatic heterocycles. The Morgan fingerprint density at radius 1 is 1.26 bits per heavy atom. The van der Waals surface area contributed by atoms with Crippen LogP contribution < -0.4 is 5.56 Å². The molecular formula is C11H16BrClN2O4. The van der Waals surface area contributed by atoms with Crippen LogP contribution in [0.25, 0.3) is 0 Å². The van der Waals surface area contributed by atoms with E-state index in [1.165, 1.54) is 10.9 Å². The lowest BCUT2D eigenvalue weighted by atomic mass is 10.6. The zero-order valence-electron chi connectivity index (χ0n) is 10.6.